The number of para-hydroxylation sites is 1. The first-order chi connectivity index (χ1) is 21.4. The Morgan fingerprint density at radius 3 is 1.87 bits per heavy atom. The number of carboxylic acid groups (broad SMARTS) is 4. The van der Waals surface area contributed by atoms with Crippen molar-refractivity contribution in [2.24, 2.45) is 0 Å². The van der Waals surface area contributed by atoms with Crippen LogP contribution in [0.5, 0.6) is 11.5 Å². The number of nitrogens with zero attached hydrogens (tertiary/aromatic N) is 1. The summed E-state index contributed by atoms with van der Waals surface area (Å²) in [5.41, 5.74) is 1.41. The maximum atomic E-state index is 13.8. The fourth-order valence-corrected chi connectivity index (χ4v) is 4.80. The van der Waals surface area contributed by atoms with Gasteiger partial charge in [0.05, 0.1) is 0 Å². The van der Waals surface area contributed by atoms with Crippen LogP contribution in [0.1, 0.15) is 24.0 Å². The molecule has 0 spiro atoms. The molecule has 0 aliphatic carbocycles. The van der Waals surface area contributed by atoms with E-state index in [0.29, 0.717) is 17.1 Å². The number of carbonyl (C=O) groups excluding carboxylic acids is 1. The molecule has 1 saturated heterocycles. The van der Waals surface area contributed by atoms with Gasteiger partial charge in [-0.05, 0) is 42.3 Å². The van der Waals surface area contributed by atoms with E-state index in [4.69, 9.17) is 14.2 Å². The van der Waals surface area contributed by atoms with Gasteiger partial charge in [0.25, 0.3) is 5.91 Å². The highest BCUT2D eigenvalue weighted by atomic mass is 16.8. The lowest BCUT2D eigenvalue weighted by molar-refractivity contribution is -0.221. The molecule has 0 aromatic heterocycles. The summed E-state index contributed by atoms with van der Waals surface area (Å²) < 4.78 is 15.6. The highest BCUT2D eigenvalue weighted by Gasteiger charge is 2.64. The molecule has 0 saturated carbocycles. The highest BCUT2D eigenvalue weighted by Crippen LogP contribution is 2.34. The first-order valence-electron chi connectivity index (χ1n) is 13.6. The van der Waals surface area contributed by atoms with Crippen molar-refractivity contribution in [2.45, 2.75) is 36.9 Å². The van der Waals surface area contributed by atoms with Crippen LogP contribution < -0.4 is 4.74 Å². The van der Waals surface area contributed by atoms with Crippen molar-refractivity contribution in [3.63, 3.8) is 0 Å². The summed E-state index contributed by atoms with van der Waals surface area (Å²) in [7, 11) is 0. The van der Waals surface area contributed by atoms with Crippen LogP contribution in [0.25, 0.3) is 6.08 Å². The van der Waals surface area contributed by atoms with Crippen molar-refractivity contribution in [1.82, 2.24) is 4.90 Å². The molecule has 13 nitrogen and oxygen atoms in total. The second-order valence-corrected chi connectivity index (χ2v) is 10.0. The predicted molar refractivity (Wildman–Crippen MR) is 155 cm³/mol. The number of carbonyl (C=O) groups is 5. The maximum absolute atomic E-state index is 13.8. The molecule has 1 fully saturated rings. The summed E-state index contributed by atoms with van der Waals surface area (Å²) in [5, 5.41) is 38.4. The van der Waals surface area contributed by atoms with Gasteiger partial charge in [-0.2, -0.15) is 0 Å². The van der Waals surface area contributed by atoms with Gasteiger partial charge in [-0.1, -0.05) is 72.8 Å². The Kier molecular flexibility index (Phi) is 9.96. The Morgan fingerprint density at radius 2 is 1.33 bits per heavy atom. The maximum Gasteiger partial charge on any atom is 0.377 e. The molecule has 4 unspecified atom stereocenters. The minimum Gasteiger partial charge on any atom is -0.480 e. The summed E-state index contributed by atoms with van der Waals surface area (Å²) in [6.45, 7) is 0.562. The van der Waals surface area contributed by atoms with Crippen LogP contribution in [0.15, 0.2) is 91.0 Å². The lowest BCUT2D eigenvalue weighted by atomic mass is 9.89. The summed E-state index contributed by atoms with van der Waals surface area (Å²) >= 11 is 0. The predicted octanol–water partition coefficient (Wildman–Crippen LogP) is 3.31. The monoisotopic (exact) mass is 619 g/mol. The molecule has 1 amide bonds. The number of ether oxygens (including phenoxy) is 3. The van der Waals surface area contributed by atoms with E-state index in [1.165, 1.54) is 6.92 Å². The second kappa shape index (κ2) is 13.8. The third-order valence-corrected chi connectivity index (χ3v) is 7.05. The molecule has 1 heterocycles. The molecule has 4 rings (SSSR count). The van der Waals surface area contributed by atoms with Crippen LogP contribution in [-0.4, -0.2) is 85.7 Å². The Labute approximate surface area is 256 Å². The average molecular weight is 620 g/mol. The molecule has 3 aromatic rings. The third kappa shape index (κ3) is 7.34. The highest BCUT2D eigenvalue weighted by molar-refractivity contribution is 6.02. The Morgan fingerprint density at radius 1 is 0.800 bits per heavy atom. The van der Waals surface area contributed by atoms with Gasteiger partial charge in [-0.15, -0.1) is 0 Å². The zero-order valence-corrected chi connectivity index (χ0v) is 23.8. The van der Waals surface area contributed by atoms with Crippen molar-refractivity contribution in [3.05, 3.63) is 102 Å². The van der Waals surface area contributed by atoms with Crippen LogP contribution in [0.3, 0.4) is 0 Å². The summed E-state index contributed by atoms with van der Waals surface area (Å²) in [5.74, 6) is -12.1. The van der Waals surface area contributed by atoms with E-state index in [0.717, 1.165) is 10.5 Å². The summed E-state index contributed by atoms with van der Waals surface area (Å²) in [6, 6.07) is 23.9. The van der Waals surface area contributed by atoms with Crippen molar-refractivity contribution >= 4 is 35.9 Å². The standard InChI is InChI=1S/C32H29NO12/c1-19(33(18-25(34)35)28(36)26-27(29(37)38)45-32(44-26,30(39)40)31(41)42)24(17-12-20-8-4-2-5-9-20)21-13-15-23(16-14-21)43-22-10-6-3-7-11-22/h2-17,19,24,26-27H,18H2,1H3,(H,34,35)(H,37,38)(H,39,40)(H,41,42). The van der Waals surface area contributed by atoms with Gasteiger partial charge >= 0.3 is 29.7 Å². The van der Waals surface area contributed by atoms with Gasteiger partial charge in [-0.25, -0.2) is 14.4 Å². The van der Waals surface area contributed by atoms with Crippen molar-refractivity contribution in [2.75, 3.05) is 6.54 Å². The smallest absolute Gasteiger partial charge is 0.377 e. The Hall–Kier alpha value is -5.53. The van der Waals surface area contributed by atoms with Crippen LogP contribution in [0.4, 0.5) is 0 Å². The van der Waals surface area contributed by atoms with E-state index >= 15 is 0 Å². The minimum absolute atomic E-state index is 0.501. The molecule has 3 aromatic carbocycles. The van der Waals surface area contributed by atoms with E-state index in [2.05, 4.69) is 0 Å². The molecule has 0 radical (unpaired) electrons. The molecule has 4 N–H and O–H groups in total. The van der Waals surface area contributed by atoms with Crippen molar-refractivity contribution in [3.8, 4) is 11.5 Å². The lowest BCUT2D eigenvalue weighted by Gasteiger charge is -2.34. The van der Waals surface area contributed by atoms with Gasteiger partial charge in [0.1, 0.15) is 18.0 Å². The van der Waals surface area contributed by atoms with E-state index in [1.54, 1.807) is 48.6 Å². The average Bonchev–Trinajstić information content (AvgIpc) is 3.45. The van der Waals surface area contributed by atoms with Crippen LogP contribution >= 0.6 is 0 Å². The topological polar surface area (TPSA) is 197 Å². The zero-order valence-electron chi connectivity index (χ0n) is 23.8. The molecule has 234 valence electrons. The second-order valence-electron chi connectivity index (χ2n) is 10.0. The van der Waals surface area contributed by atoms with E-state index in [-0.39, 0.29) is 0 Å². The van der Waals surface area contributed by atoms with Gasteiger partial charge in [0.2, 0.25) is 0 Å². The van der Waals surface area contributed by atoms with Gasteiger partial charge in [-0.3, -0.25) is 9.59 Å². The number of benzene rings is 3. The fraction of sp³-hybridized carbons (Fsp3) is 0.219. The number of carboxylic acids is 4. The number of hydrogen-bond donors (Lipinski definition) is 4. The number of aliphatic carboxylic acids is 4. The van der Waals surface area contributed by atoms with Gasteiger partial charge in [0, 0.05) is 12.0 Å². The van der Waals surface area contributed by atoms with Crippen molar-refractivity contribution < 1.29 is 58.6 Å². The third-order valence-electron chi connectivity index (χ3n) is 7.05. The lowest BCUT2D eigenvalue weighted by Crippen LogP contribution is -2.53. The molecule has 45 heavy (non-hydrogen) atoms. The van der Waals surface area contributed by atoms with Crippen LogP contribution in [-0.2, 0) is 33.4 Å². The number of rotatable bonds is 13. The summed E-state index contributed by atoms with van der Waals surface area (Å²) in [4.78, 5) is 62.0. The minimum atomic E-state index is -3.50. The molecule has 1 aliphatic rings. The molecular formula is C32H29NO12. The molecule has 1 aliphatic heterocycles. The van der Waals surface area contributed by atoms with Gasteiger partial charge in [0.15, 0.2) is 12.2 Å². The van der Waals surface area contributed by atoms with Crippen LogP contribution in [0.2, 0.25) is 0 Å². The van der Waals surface area contributed by atoms with E-state index in [9.17, 15) is 44.4 Å². The molecule has 13 heteroatoms. The number of amides is 1. The largest absolute Gasteiger partial charge is 0.480 e. The molecular weight excluding hydrogens is 590 g/mol. The SMILES string of the molecule is CC(C(C=Cc1ccccc1)c1ccc(Oc2ccccc2)cc1)N(CC(=O)O)C(=O)C1OC(C(=O)O)(C(=O)O)OC1C(=O)O. The quantitative estimate of drug-likeness (QED) is 0.204. The first-order valence-corrected chi connectivity index (χ1v) is 13.6. The van der Waals surface area contributed by atoms with Gasteiger partial charge < -0.3 is 39.5 Å². The van der Waals surface area contributed by atoms with E-state index in [1.807, 2.05) is 48.5 Å². The van der Waals surface area contributed by atoms with E-state index < -0.39 is 66.3 Å². The summed E-state index contributed by atoms with van der Waals surface area (Å²) in [6.07, 6.45) is -1.17. The normalized spacial score (nSPS) is 18.5. The zero-order chi connectivity index (χ0) is 32.7. The van der Waals surface area contributed by atoms with Crippen molar-refractivity contribution in [1.29, 1.82) is 0 Å². The van der Waals surface area contributed by atoms with Crippen LogP contribution in [0, 0.1) is 0 Å². The number of hydrogen-bond acceptors (Lipinski definition) is 8. The molecule has 0 bridgehead atoms. The fourth-order valence-electron chi connectivity index (χ4n) is 4.80. The Bertz CT molecular complexity index is 1560. The first kappa shape index (κ1) is 32.4. The molecule has 4 atom stereocenters. The Balaban J connectivity index is 1.72.